The van der Waals surface area contributed by atoms with Crippen LogP contribution in [0.15, 0.2) is 59.5 Å². The van der Waals surface area contributed by atoms with Gasteiger partial charge in [-0.3, -0.25) is 14.5 Å². The van der Waals surface area contributed by atoms with Gasteiger partial charge in [0.15, 0.2) is 0 Å². The van der Waals surface area contributed by atoms with E-state index < -0.39 is 16.1 Å². The molecule has 2 amide bonds. The molecule has 0 aliphatic carbocycles. The minimum absolute atomic E-state index is 0.160. The number of likely N-dealkylation sites (tertiary alicyclic amines) is 1. The molecular weight excluding hydrogens is 402 g/mol. The summed E-state index contributed by atoms with van der Waals surface area (Å²) < 4.78 is 27.8. The van der Waals surface area contributed by atoms with Gasteiger partial charge < -0.3 is 0 Å². The van der Waals surface area contributed by atoms with Crippen molar-refractivity contribution in [3.8, 4) is 0 Å². The Morgan fingerprint density at radius 2 is 1.57 bits per heavy atom. The summed E-state index contributed by atoms with van der Waals surface area (Å²) >= 11 is 0. The molecule has 2 aliphatic rings. The summed E-state index contributed by atoms with van der Waals surface area (Å²) in [6, 6.07) is 15.0. The highest BCUT2D eigenvalue weighted by Crippen LogP contribution is 2.28. The van der Waals surface area contributed by atoms with E-state index in [2.05, 4.69) is 4.72 Å². The third kappa shape index (κ3) is 4.16. The molecule has 30 heavy (non-hydrogen) atoms. The Bertz CT molecular complexity index is 1030. The third-order valence-electron chi connectivity index (χ3n) is 5.76. The standard InChI is InChI=1S/C22H25N3O4S/c1-16-7-9-18(10-8-16)25-21(26)15-20(22(25)27)24-13-11-17(12-14-24)23-30(28,29)19-5-3-2-4-6-19/h2-10,17,20,23H,11-15H2,1H3. The highest BCUT2D eigenvalue weighted by atomic mass is 32.2. The van der Waals surface area contributed by atoms with Gasteiger partial charge in [0.1, 0.15) is 0 Å². The van der Waals surface area contributed by atoms with Crippen molar-refractivity contribution in [2.75, 3.05) is 18.0 Å². The van der Waals surface area contributed by atoms with Gasteiger partial charge in [-0.2, -0.15) is 0 Å². The second kappa shape index (κ2) is 8.29. The van der Waals surface area contributed by atoms with Crippen LogP contribution >= 0.6 is 0 Å². The molecule has 0 spiro atoms. The number of carbonyl (C=O) groups excluding carboxylic acids is 2. The average Bonchev–Trinajstić information content (AvgIpc) is 3.04. The van der Waals surface area contributed by atoms with Crippen LogP contribution in [0, 0.1) is 6.92 Å². The van der Waals surface area contributed by atoms with E-state index in [-0.39, 0.29) is 29.2 Å². The van der Waals surface area contributed by atoms with Crippen molar-refractivity contribution >= 4 is 27.5 Å². The smallest absolute Gasteiger partial charge is 0.251 e. The highest BCUT2D eigenvalue weighted by molar-refractivity contribution is 7.89. The summed E-state index contributed by atoms with van der Waals surface area (Å²) in [5.41, 5.74) is 1.66. The lowest BCUT2D eigenvalue weighted by atomic mass is 10.0. The Morgan fingerprint density at radius 1 is 0.933 bits per heavy atom. The fourth-order valence-electron chi connectivity index (χ4n) is 4.08. The number of sulfonamides is 1. The molecule has 1 atom stereocenters. The maximum Gasteiger partial charge on any atom is 0.251 e. The van der Waals surface area contributed by atoms with Gasteiger partial charge in [-0.25, -0.2) is 18.0 Å². The second-order valence-corrected chi connectivity index (χ2v) is 9.58. The number of aryl methyl sites for hydroxylation is 1. The van der Waals surface area contributed by atoms with E-state index in [1.807, 2.05) is 24.0 Å². The average molecular weight is 428 g/mol. The highest BCUT2D eigenvalue weighted by Gasteiger charge is 2.43. The molecule has 0 aromatic heterocycles. The van der Waals surface area contributed by atoms with Crippen LogP contribution in [0.2, 0.25) is 0 Å². The van der Waals surface area contributed by atoms with Crippen molar-refractivity contribution in [3.63, 3.8) is 0 Å². The van der Waals surface area contributed by atoms with E-state index in [4.69, 9.17) is 0 Å². The fraction of sp³-hybridized carbons (Fsp3) is 0.364. The molecule has 0 saturated carbocycles. The molecule has 2 saturated heterocycles. The number of carbonyl (C=O) groups is 2. The monoisotopic (exact) mass is 427 g/mol. The van der Waals surface area contributed by atoms with Crippen molar-refractivity contribution in [2.24, 2.45) is 0 Å². The largest absolute Gasteiger partial charge is 0.291 e. The van der Waals surface area contributed by atoms with E-state index in [1.165, 1.54) is 4.90 Å². The first kappa shape index (κ1) is 20.7. The van der Waals surface area contributed by atoms with Crippen molar-refractivity contribution in [2.45, 2.75) is 43.2 Å². The lowest BCUT2D eigenvalue weighted by molar-refractivity contribution is -0.123. The Morgan fingerprint density at radius 3 is 2.20 bits per heavy atom. The quantitative estimate of drug-likeness (QED) is 0.739. The lowest BCUT2D eigenvalue weighted by Gasteiger charge is -2.34. The predicted octanol–water partition coefficient (Wildman–Crippen LogP) is 2.07. The van der Waals surface area contributed by atoms with E-state index >= 15 is 0 Å². The molecule has 2 heterocycles. The van der Waals surface area contributed by atoms with Gasteiger partial charge in [-0.1, -0.05) is 35.9 Å². The molecule has 1 unspecified atom stereocenters. The van der Waals surface area contributed by atoms with Crippen molar-refractivity contribution in [3.05, 3.63) is 60.2 Å². The van der Waals surface area contributed by atoms with Gasteiger partial charge in [0, 0.05) is 19.1 Å². The number of anilines is 1. The lowest BCUT2D eigenvalue weighted by Crippen LogP contribution is -2.50. The van der Waals surface area contributed by atoms with Gasteiger partial charge in [-0.05, 0) is 44.0 Å². The first-order valence-corrected chi connectivity index (χ1v) is 11.6. The number of piperidine rings is 1. The molecule has 2 fully saturated rings. The number of nitrogens with one attached hydrogen (secondary N) is 1. The van der Waals surface area contributed by atoms with Crippen molar-refractivity contribution in [1.82, 2.24) is 9.62 Å². The molecule has 2 aliphatic heterocycles. The third-order valence-corrected chi connectivity index (χ3v) is 7.30. The van der Waals surface area contributed by atoms with Gasteiger partial charge >= 0.3 is 0 Å². The summed E-state index contributed by atoms with van der Waals surface area (Å²) in [5.74, 6) is -0.395. The maximum atomic E-state index is 12.9. The summed E-state index contributed by atoms with van der Waals surface area (Å²) in [4.78, 5) is 29.0. The first-order valence-electron chi connectivity index (χ1n) is 10.1. The Labute approximate surface area is 176 Å². The Kier molecular flexibility index (Phi) is 5.73. The number of amides is 2. The number of hydrogen-bond donors (Lipinski definition) is 1. The molecule has 4 rings (SSSR count). The van der Waals surface area contributed by atoms with E-state index in [0.29, 0.717) is 31.6 Å². The van der Waals surface area contributed by atoms with Gasteiger partial charge in [-0.15, -0.1) is 0 Å². The molecule has 2 aromatic rings. The number of imide groups is 1. The maximum absolute atomic E-state index is 12.9. The van der Waals surface area contributed by atoms with E-state index in [1.54, 1.807) is 42.5 Å². The number of hydrogen-bond acceptors (Lipinski definition) is 5. The molecule has 2 aromatic carbocycles. The van der Waals surface area contributed by atoms with Gasteiger partial charge in [0.25, 0.3) is 5.91 Å². The fourth-order valence-corrected chi connectivity index (χ4v) is 5.41. The molecule has 0 radical (unpaired) electrons. The first-order chi connectivity index (χ1) is 14.3. The van der Waals surface area contributed by atoms with Crippen LogP contribution in [0.25, 0.3) is 0 Å². The summed E-state index contributed by atoms with van der Waals surface area (Å²) in [5, 5.41) is 0. The zero-order chi connectivity index (χ0) is 21.3. The molecular formula is C22H25N3O4S. The topological polar surface area (TPSA) is 86.8 Å². The van der Waals surface area contributed by atoms with Gasteiger partial charge in [0.2, 0.25) is 15.9 Å². The molecule has 0 bridgehead atoms. The predicted molar refractivity (Wildman–Crippen MR) is 113 cm³/mol. The molecule has 8 heteroatoms. The Balaban J connectivity index is 1.38. The summed E-state index contributed by atoms with van der Waals surface area (Å²) in [7, 11) is -3.56. The van der Waals surface area contributed by atoms with Crippen molar-refractivity contribution < 1.29 is 18.0 Å². The second-order valence-electron chi connectivity index (χ2n) is 7.87. The Hall–Kier alpha value is -2.55. The van der Waals surface area contributed by atoms with Crippen LogP contribution in [0.5, 0.6) is 0 Å². The minimum Gasteiger partial charge on any atom is -0.291 e. The van der Waals surface area contributed by atoms with E-state index in [9.17, 15) is 18.0 Å². The summed E-state index contributed by atoms with van der Waals surface area (Å²) in [6.07, 6.45) is 1.34. The zero-order valence-electron chi connectivity index (χ0n) is 16.8. The zero-order valence-corrected chi connectivity index (χ0v) is 17.6. The van der Waals surface area contributed by atoms with Crippen LogP contribution < -0.4 is 9.62 Å². The minimum atomic E-state index is -3.56. The van der Waals surface area contributed by atoms with Crippen LogP contribution in [-0.4, -0.2) is 50.3 Å². The molecule has 158 valence electrons. The number of nitrogens with zero attached hydrogens (tertiary/aromatic N) is 2. The SMILES string of the molecule is Cc1ccc(N2C(=O)CC(N3CCC(NS(=O)(=O)c4ccccc4)CC3)C2=O)cc1. The molecule has 7 nitrogen and oxygen atoms in total. The normalized spacial score (nSPS) is 21.4. The van der Waals surface area contributed by atoms with Crippen molar-refractivity contribution in [1.29, 1.82) is 0 Å². The number of rotatable bonds is 5. The van der Waals surface area contributed by atoms with Crippen LogP contribution in [0.4, 0.5) is 5.69 Å². The molecule has 1 N–H and O–H groups in total. The van der Waals surface area contributed by atoms with E-state index in [0.717, 1.165) is 5.56 Å². The van der Waals surface area contributed by atoms with Crippen LogP contribution in [0.1, 0.15) is 24.8 Å². The van der Waals surface area contributed by atoms with Gasteiger partial charge in [0.05, 0.1) is 23.0 Å². The van der Waals surface area contributed by atoms with Crippen LogP contribution in [0.3, 0.4) is 0 Å². The van der Waals surface area contributed by atoms with Crippen LogP contribution in [-0.2, 0) is 19.6 Å². The number of benzene rings is 2. The summed E-state index contributed by atoms with van der Waals surface area (Å²) in [6.45, 7) is 3.08.